The number of ether oxygens (including phenoxy) is 2. The molecule has 0 atom stereocenters. The van der Waals surface area contributed by atoms with Gasteiger partial charge in [-0.1, -0.05) is 30.3 Å². The van der Waals surface area contributed by atoms with Gasteiger partial charge in [0.2, 0.25) is 0 Å². The summed E-state index contributed by atoms with van der Waals surface area (Å²) in [6, 6.07) is 12.1. The molecule has 1 aromatic heterocycles. The molecule has 0 bridgehead atoms. The average molecular weight is 275 g/mol. The van der Waals surface area contributed by atoms with Gasteiger partial charge >= 0.3 is 0 Å². The largest absolute Gasteiger partial charge is 0.363 e. The van der Waals surface area contributed by atoms with E-state index in [-0.39, 0.29) is 6.29 Å². The molecular formula is C15H21N3O2. The molecule has 2 N–H and O–H groups in total. The molecule has 2 rings (SSSR count). The summed E-state index contributed by atoms with van der Waals surface area (Å²) in [4.78, 5) is 0. The minimum absolute atomic E-state index is 0.248. The first kappa shape index (κ1) is 14.6. The first-order chi connectivity index (χ1) is 9.83. The van der Waals surface area contributed by atoms with Crippen LogP contribution in [-0.4, -0.2) is 36.2 Å². The monoisotopic (exact) mass is 275 g/mol. The molecule has 0 unspecified atom stereocenters. The Morgan fingerprint density at radius 1 is 1.15 bits per heavy atom. The molecule has 0 saturated heterocycles. The molecule has 1 heterocycles. The lowest BCUT2D eigenvalue weighted by atomic mass is 10.2. The molecule has 1 aromatic carbocycles. The zero-order valence-electron chi connectivity index (χ0n) is 11.9. The Hall–Kier alpha value is -1.85. The number of nitrogens with zero attached hydrogens (tertiary/aromatic N) is 1. The number of aromatic amines is 1. The van der Waals surface area contributed by atoms with Crippen LogP contribution in [0.5, 0.6) is 0 Å². The normalized spacial score (nSPS) is 10.9. The van der Waals surface area contributed by atoms with Crippen LogP contribution in [0.1, 0.15) is 13.8 Å². The zero-order chi connectivity index (χ0) is 14.2. The number of anilines is 1. The molecule has 0 saturated carbocycles. The van der Waals surface area contributed by atoms with E-state index < -0.39 is 0 Å². The van der Waals surface area contributed by atoms with Crippen molar-refractivity contribution in [3.05, 3.63) is 36.4 Å². The molecule has 0 fully saturated rings. The summed E-state index contributed by atoms with van der Waals surface area (Å²) < 4.78 is 10.9. The van der Waals surface area contributed by atoms with Gasteiger partial charge in [0.1, 0.15) is 5.82 Å². The van der Waals surface area contributed by atoms with Gasteiger partial charge in [-0.3, -0.25) is 5.10 Å². The van der Waals surface area contributed by atoms with Crippen LogP contribution in [0.3, 0.4) is 0 Å². The van der Waals surface area contributed by atoms with Gasteiger partial charge in [-0.15, -0.1) is 0 Å². The lowest BCUT2D eigenvalue weighted by molar-refractivity contribution is -0.126. The maximum Gasteiger partial charge on any atom is 0.174 e. The molecule has 108 valence electrons. The van der Waals surface area contributed by atoms with Gasteiger partial charge in [-0.2, -0.15) is 5.10 Å². The van der Waals surface area contributed by atoms with Crippen molar-refractivity contribution in [1.29, 1.82) is 0 Å². The van der Waals surface area contributed by atoms with Gasteiger partial charge < -0.3 is 14.8 Å². The number of aromatic nitrogens is 2. The van der Waals surface area contributed by atoms with E-state index in [1.165, 1.54) is 0 Å². The van der Waals surface area contributed by atoms with Gasteiger partial charge in [0.25, 0.3) is 0 Å². The van der Waals surface area contributed by atoms with Crippen molar-refractivity contribution in [2.45, 2.75) is 20.1 Å². The standard InChI is InChI=1S/C15H21N3O2/c1-3-19-15(20-4-2)11-16-14-10-13(17-18-14)12-8-6-5-7-9-12/h5-10,15H,3-4,11H2,1-2H3,(H2,16,17,18). The van der Waals surface area contributed by atoms with Gasteiger partial charge in [0, 0.05) is 19.3 Å². The van der Waals surface area contributed by atoms with Gasteiger partial charge in [-0.25, -0.2) is 0 Å². The quantitative estimate of drug-likeness (QED) is 0.727. The van der Waals surface area contributed by atoms with E-state index in [1.807, 2.05) is 50.2 Å². The van der Waals surface area contributed by atoms with E-state index in [2.05, 4.69) is 15.5 Å². The summed E-state index contributed by atoms with van der Waals surface area (Å²) in [6.07, 6.45) is -0.248. The molecule has 0 radical (unpaired) electrons. The fourth-order valence-electron chi connectivity index (χ4n) is 1.90. The van der Waals surface area contributed by atoms with Gasteiger partial charge in [0.05, 0.1) is 12.2 Å². The Kier molecular flexibility index (Phi) is 5.58. The lowest BCUT2D eigenvalue weighted by Crippen LogP contribution is -2.26. The maximum absolute atomic E-state index is 5.47. The summed E-state index contributed by atoms with van der Waals surface area (Å²) in [6.45, 7) is 5.73. The molecule has 5 heteroatoms. The molecule has 5 nitrogen and oxygen atoms in total. The van der Waals surface area contributed by atoms with Crippen LogP contribution in [-0.2, 0) is 9.47 Å². The summed E-state index contributed by atoms with van der Waals surface area (Å²) in [5, 5.41) is 10.5. The average Bonchev–Trinajstić information content (AvgIpc) is 2.95. The van der Waals surface area contributed by atoms with Crippen LogP contribution < -0.4 is 5.32 Å². The second-order valence-electron chi connectivity index (χ2n) is 4.25. The smallest absolute Gasteiger partial charge is 0.174 e. The van der Waals surface area contributed by atoms with Crippen LogP contribution in [0.25, 0.3) is 11.3 Å². The van der Waals surface area contributed by atoms with Crippen molar-refractivity contribution in [3.63, 3.8) is 0 Å². The topological polar surface area (TPSA) is 59.2 Å². The van der Waals surface area contributed by atoms with Crippen LogP contribution in [0, 0.1) is 0 Å². The van der Waals surface area contributed by atoms with E-state index in [0.29, 0.717) is 19.8 Å². The number of rotatable bonds is 8. The Bertz CT molecular complexity index is 493. The highest BCUT2D eigenvalue weighted by Gasteiger charge is 2.09. The minimum Gasteiger partial charge on any atom is -0.363 e. The number of hydrogen-bond donors (Lipinski definition) is 2. The second kappa shape index (κ2) is 7.67. The second-order valence-corrected chi connectivity index (χ2v) is 4.25. The number of benzene rings is 1. The minimum atomic E-state index is -0.248. The fourth-order valence-corrected chi connectivity index (χ4v) is 1.90. The van der Waals surface area contributed by atoms with Gasteiger partial charge in [-0.05, 0) is 19.4 Å². The lowest BCUT2D eigenvalue weighted by Gasteiger charge is -2.16. The third kappa shape index (κ3) is 4.08. The third-order valence-corrected chi connectivity index (χ3v) is 2.82. The Balaban J connectivity index is 1.92. The first-order valence-corrected chi connectivity index (χ1v) is 6.91. The van der Waals surface area contributed by atoms with Crippen LogP contribution in [0.2, 0.25) is 0 Å². The van der Waals surface area contributed by atoms with E-state index >= 15 is 0 Å². The van der Waals surface area contributed by atoms with Gasteiger partial charge in [0.15, 0.2) is 6.29 Å². The molecule has 0 amide bonds. The summed E-state index contributed by atoms with van der Waals surface area (Å²) >= 11 is 0. The summed E-state index contributed by atoms with van der Waals surface area (Å²) in [5.74, 6) is 0.785. The molecule has 20 heavy (non-hydrogen) atoms. The Morgan fingerprint density at radius 3 is 2.50 bits per heavy atom. The number of nitrogens with one attached hydrogen (secondary N) is 2. The predicted octanol–water partition coefficient (Wildman–Crippen LogP) is 2.89. The molecule has 0 aliphatic heterocycles. The highest BCUT2D eigenvalue weighted by Crippen LogP contribution is 2.19. The Labute approximate surface area is 119 Å². The van der Waals surface area contributed by atoms with Crippen molar-refractivity contribution in [3.8, 4) is 11.3 Å². The van der Waals surface area contributed by atoms with Crippen molar-refractivity contribution in [2.24, 2.45) is 0 Å². The van der Waals surface area contributed by atoms with Crippen molar-refractivity contribution < 1.29 is 9.47 Å². The fraction of sp³-hybridized carbons (Fsp3) is 0.400. The Morgan fingerprint density at radius 2 is 1.85 bits per heavy atom. The SMILES string of the molecule is CCOC(CNc1cc(-c2ccccc2)[nH]n1)OCC. The maximum atomic E-state index is 5.47. The zero-order valence-corrected chi connectivity index (χ0v) is 11.9. The number of H-pyrrole nitrogens is 1. The molecule has 0 aliphatic carbocycles. The van der Waals surface area contributed by atoms with Crippen LogP contribution in [0.15, 0.2) is 36.4 Å². The highest BCUT2D eigenvalue weighted by atomic mass is 16.7. The van der Waals surface area contributed by atoms with Crippen molar-refractivity contribution in [2.75, 3.05) is 25.1 Å². The first-order valence-electron chi connectivity index (χ1n) is 6.91. The molecular weight excluding hydrogens is 254 g/mol. The summed E-state index contributed by atoms with van der Waals surface area (Å²) in [5.41, 5.74) is 2.09. The molecule has 0 spiro atoms. The third-order valence-electron chi connectivity index (χ3n) is 2.82. The highest BCUT2D eigenvalue weighted by molar-refractivity contribution is 5.62. The van der Waals surface area contributed by atoms with E-state index in [9.17, 15) is 0 Å². The van der Waals surface area contributed by atoms with Crippen LogP contribution in [0.4, 0.5) is 5.82 Å². The van der Waals surface area contributed by atoms with E-state index in [4.69, 9.17) is 9.47 Å². The van der Waals surface area contributed by atoms with Crippen molar-refractivity contribution in [1.82, 2.24) is 10.2 Å². The van der Waals surface area contributed by atoms with Crippen molar-refractivity contribution >= 4 is 5.82 Å². The van der Waals surface area contributed by atoms with E-state index in [1.54, 1.807) is 0 Å². The van der Waals surface area contributed by atoms with E-state index in [0.717, 1.165) is 17.1 Å². The number of hydrogen-bond acceptors (Lipinski definition) is 4. The molecule has 0 aliphatic rings. The van der Waals surface area contributed by atoms with Crippen LogP contribution >= 0.6 is 0 Å². The predicted molar refractivity (Wildman–Crippen MR) is 79.6 cm³/mol. The summed E-state index contributed by atoms with van der Waals surface area (Å²) in [7, 11) is 0. The molecule has 2 aromatic rings.